The van der Waals surface area contributed by atoms with Crippen molar-refractivity contribution in [2.24, 2.45) is 0 Å². The minimum atomic E-state index is -3.72. The number of nitrogens with zero attached hydrogens (tertiary/aromatic N) is 2. The van der Waals surface area contributed by atoms with Gasteiger partial charge in [-0.15, -0.1) is 0 Å². The fourth-order valence-electron chi connectivity index (χ4n) is 3.43. The van der Waals surface area contributed by atoms with Crippen LogP contribution in [0.25, 0.3) is 10.9 Å². The van der Waals surface area contributed by atoms with E-state index in [2.05, 4.69) is 9.71 Å². The topological polar surface area (TPSA) is 79.4 Å². The van der Waals surface area contributed by atoms with E-state index in [1.807, 2.05) is 23.1 Å². The number of hydrogen-bond acceptors (Lipinski definition) is 4. The molecular weight excluding hydrogens is 374 g/mol. The summed E-state index contributed by atoms with van der Waals surface area (Å²) in [4.78, 5) is 18.0. The monoisotopic (exact) mass is 395 g/mol. The lowest BCUT2D eigenvalue weighted by Crippen LogP contribution is -2.26. The van der Waals surface area contributed by atoms with Gasteiger partial charge in [0.25, 0.3) is 10.0 Å². The van der Waals surface area contributed by atoms with E-state index in [1.165, 1.54) is 0 Å². The first-order valence-corrected chi connectivity index (χ1v) is 10.7. The van der Waals surface area contributed by atoms with E-state index in [0.717, 1.165) is 23.9 Å². The Labute approximate surface area is 164 Å². The molecule has 2 heterocycles. The molecule has 0 saturated carbocycles. The molecule has 4 rings (SSSR count). The zero-order valence-corrected chi connectivity index (χ0v) is 16.2. The zero-order chi connectivity index (χ0) is 19.6. The second kappa shape index (κ2) is 7.59. The van der Waals surface area contributed by atoms with Crippen LogP contribution < -0.4 is 4.72 Å². The minimum Gasteiger partial charge on any atom is -0.342 e. The first kappa shape index (κ1) is 18.4. The van der Waals surface area contributed by atoms with Crippen LogP contribution in [-0.2, 0) is 21.2 Å². The third-order valence-corrected chi connectivity index (χ3v) is 6.33. The van der Waals surface area contributed by atoms with E-state index in [1.54, 1.807) is 42.6 Å². The second-order valence-electron chi connectivity index (χ2n) is 6.86. The largest absolute Gasteiger partial charge is 0.342 e. The molecule has 28 heavy (non-hydrogen) atoms. The summed E-state index contributed by atoms with van der Waals surface area (Å²) < 4.78 is 28.2. The maximum atomic E-state index is 12.8. The highest BCUT2D eigenvalue weighted by molar-refractivity contribution is 7.92. The van der Waals surface area contributed by atoms with Crippen molar-refractivity contribution in [3.63, 3.8) is 0 Å². The fourth-order valence-corrected chi connectivity index (χ4v) is 4.50. The highest BCUT2D eigenvalue weighted by atomic mass is 32.2. The van der Waals surface area contributed by atoms with Crippen molar-refractivity contribution in [3.8, 4) is 0 Å². The molecule has 1 amide bonds. The number of para-hydroxylation sites is 1. The number of carbonyl (C=O) groups excluding carboxylic acids is 1. The number of amides is 1. The van der Waals surface area contributed by atoms with Crippen molar-refractivity contribution in [2.45, 2.75) is 24.2 Å². The quantitative estimate of drug-likeness (QED) is 0.695. The van der Waals surface area contributed by atoms with Gasteiger partial charge < -0.3 is 4.90 Å². The molecule has 0 atom stereocenters. The molecule has 6 nitrogen and oxygen atoms in total. The van der Waals surface area contributed by atoms with Gasteiger partial charge in [-0.1, -0.05) is 30.3 Å². The molecule has 1 fully saturated rings. The van der Waals surface area contributed by atoms with Crippen LogP contribution in [0.5, 0.6) is 0 Å². The first-order valence-electron chi connectivity index (χ1n) is 9.26. The molecule has 144 valence electrons. The molecule has 0 radical (unpaired) electrons. The lowest BCUT2D eigenvalue weighted by Gasteiger charge is -2.15. The summed E-state index contributed by atoms with van der Waals surface area (Å²) in [7, 11) is -3.72. The van der Waals surface area contributed by atoms with Crippen LogP contribution in [0.3, 0.4) is 0 Å². The molecule has 1 aliphatic heterocycles. The highest BCUT2D eigenvalue weighted by Crippen LogP contribution is 2.24. The third-order valence-electron chi connectivity index (χ3n) is 4.95. The molecule has 1 aromatic heterocycles. The van der Waals surface area contributed by atoms with E-state index in [-0.39, 0.29) is 10.8 Å². The molecule has 0 spiro atoms. The van der Waals surface area contributed by atoms with Crippen molar-refractivity contribution < 1.29 is 13.2 Å². The molecule has 7 heteroatoms. The molecule has 1 aliphatic rings. The smallest absolute Gasteiger partial charge is 0.261 e. The van der Waals surface area contributed by atoms with Crippen LogP contribution >= 0.6 is 0 Å². The summed E-state index contributed by atoms with van der Waals surface area (Å²) in [6.45, 7) is 1.49. The molecule has 0 bridgehead atoms. The third kappa shape index (κ3) is 3.84. The molecule has 3 aromatic rings. The Bertz CT molecular complexity index is 1110. The maximum Gasteiger partial charge on any atom is 0.261 e. The Hall–Kier alpha value is -2.93. The number of anilines is 1. The van der Waals surface area contributed by atoms with Crippen LogP contribution in [0, 0.1) is 0 Å². The number of likely N-dealkylation sites (tertiary alicyclic amines) is 1. The summed E-state index contributed by atoms with van der Waals surface area (Å²) in [6.07, 6.45) is 3.91. The standard InChI is InChI=1S/C21H21N3O3S/c25-20-7-3-14-24(20)15-12-16-8-10-18(11-9-16)28(26,27)23-19-6-1-4-17-5-2-13-22-21(17)19/h1-2,4-6,8-11,13,23H,3,7,12,14-15H2. The predicted molar refractivity (Wildman–Crippen MR) is 109 cm³/mol. The number of rotatable bonds is 6. The summed E-state index contributed by atoms with van der Waals surface area (Å²) in [5.41, 5.74) is 2.07. The van der Waals surface area contributed by atoms with Crippen LogP contribution in [0.1, 0.15) is 18.4 Å². The SMILES string of the molecule is O=C1CCCN1CCc1ccc(S(=O)(=O)Nc2cccc3cccnc23)cc1. The molecule has 0 aliphatic carbocycles. The van der Waals surface area contributed by atoms with E-state index >= 15 is 0 Å². The number of benzene rings is 2. The van der Waals surface area contributed by atoms with E-state index in [9.17, 15) is 13.2 Å². The second-order valence-corrected chi connectivity index (χ2v) is 8.55. The average Bonchev–Trinajstić information content (AvgIpc) is 3.12. The van der Waals surface area contributed by atoms with Gasteiger partial charge in [-0.2, -0.15) is 0 Å². The van der Waals surface area contributed by atoms with Gasteiger partial charge >= 0.3 is 0 Å². The van der Waals surface area contributed by atoms with Gasteiger partial charge in [0.1, 0.15) is 0 Å². The van der Waals surface area contributed by atoms with Gasteiger partial charge in [0, 0.05) is 31.1 Å². The molecule has 2 aromatic carbocycles. The van der Waals surface area contributed by atoms with Gasteiger partial charge in [-0.3, -0.25) is 14.5 Å². The van der Waals surface area contributed by atoms with Crippen molar-refractivity contribution in [3.05, 3.63) is 66.4 Å². The van der Waals surface area contributed by atoms with E-state index in [0.29, 0.717) is 30.6 Å². The minimum absolute atomic E-state index is 0.196. The Morgan fingerprint density at radius 3 is 2.57 bits per heavy atom. The Morgan fingerprint density at radius 1 is 1.04 bits per heavy atom. The fraction of sp³-hybridized carbons (Fsp3) is 0.238. The number of aromatic nitrogens is 1. The Balaban J connectivity index is 1.49. The number of sulfonamides is 1. The molecule has 1 saturated heterocycles. The number of carbonyl (C=O) groups is 1. The van der Waals surface area contributed by atoms with Crippen LogP contribution in [0.15, 0.2) is 65.7 Å². The predicted octanol–water partition coefficient (Wildman–Crippen LogP) is 3.20. The molecular formula is C21H21N3O3S. The van der Waals surface area contributed by atoms with E-state index in [4.69, 9.17) is 0 Å². The average molecular weight is 395 g/mol. The number of pyridine rings is 1. The summed E-state index contributed by atoms with van der Waals surface area (Å²) in [5, 5.41) is 0.870. The van der Waals surface area contributed by atoms with Crippen molar-refractivity contribution in [2.75, 3.05) is 17.8 Å². The maximum absolute atomic E-state index is 12.8. The van der Waals surface area contributed by atoms with Crippen molar-refractivity contribution >= 4 is 32.5 Å². The van der Waals surface area contributed by atoms with Gasteiger partial charge in [-0.25, -0.2) is 8.42 Å². The molecule has 0 unspecified atom stereocenters. The Kier molecular flexibility index (Phi) is 5.00. The Morgan fingerprint density at radius 2 is 1.82 bits per heavy atom. The zero-order valence-electron chi connectivity index (χ0n) is 15.3. The normalized spacial score (nSPS) is 14.6. The number of nitrogens with one attached hydrogen (secondary N) is 1. The lowest BCUT2D eigenvalue weighted by atomic mass is 10.1. The van der Waals surface area contributed by atoms with Crippen LogP contribution in [0.2, 0.25) is 0 Å². The number of fused-ring (bicyclic) bond motifs is 1. The van der Waals surface area contributed by atoms with Crippen molar-refractivity contribution in [1.82, 2.24) is 9.88 Å². The van der Waals surface area contributed by atoms with Gasteiger partial charge in [-0.05, 0) is 42.7 Å². The van der Waals surface area contributed by atoms with Crippen molar-refractivity contribution in [1.29, 1.82) is 0 Å². The first-order chi connectivity index (χ1) is 13.5. The molecule has 1 N–H and O–H groups in total. The summed E-state index contributed by atoms with van der Waals surface area (Å²) >= 11 is 0. The van der Waals surface area contributed by atoms with E-state index < -0.39 is 10.0 Å². The van der Waals surface area contributed by atoms with Crippen LogP contribution in [0.4, 0.5) is 5.69 Å². The number of hydrogen-bond donors (Lipinski definition) is 1. The summed E-state index contributed by atoms with van der Waals surface area (Å²) in [5.74, 6) is 0.201. The lowest BCUT2D eigenvalue weighted by molar-refractivity contribution is -0.127. The summed E-state index contributed by atoms with van der Waals surface area (Å²) in [6, 6.07) is 15.9. The van der Waals surface area contributed by atoms with Crippen LogP contribution in [-0.4, -0.2) is 37.3 Å². The van der Waals surface area contributed by atoms with Gasteiger partial charge in [0.15, 0.2) is 0 Å². The van der Waals surface area contributed by atoms with Gasteiger partial charge in [0.2, 0.25) is 5.91 Å². The van der Waals surface area contributed by atoms with Gasteiger partial charge in [0.05, 0.1) is 16.1 Å². The highest BCUT2D eigenvalue weighted by Gasteiger charge is 2.20.